The summed E-state index contributed by atoms with van der Waals surface area (Å²) >= 11 is 0. The van der Waals surface area contributed by atoms with Crippen molar-refractivity contribution < 1.29 is 13.2 Å². The van der Waals surface area contributed by atoms with Crippen LogP contribution < -0.4 is 5.73 Å². The van der Waals surface area contributed by atoms with E-state index in [2.05, 4.69) is 0 Å². The van der Waals surface area contributed by atoms with Gasteiger partial charge in [-0.1, -0.05) is 6.92 Å². The van der Waals surface area contributed by atoms with E-state index in [-0.39, 0.29) is 19.0 Å². The summed E-state index contributed by atoms with van der Waals surface area (Å²) in [7, 11) is 0. The van der Waals surface area contributed by atoms with Crippen molar-refractivity contribution in [3.63, 3.8) is 0 Å². The molecule has 17 heavy (non-hydrogen) atoms. The molecular formula is C12H23F3N2. The molecule has 1 aliphatic rings. The molecule has 1 rings (SSSR count). The van der Waals surface area contributed by atoms with Gasteiger partial charge in [0.15, 0.2) is 0 Å². The van der Waals surface area contributed by atoms with Crippen molar-refractivity contribution in [3.8, 4) is 0 Å². The molecule has 1 heterocycles. The number of piperidine rings is 1. The van der Waals surface area contributed by atoms with E-state index in [1.54, 1.807) is 0 Å². The molecular weight excluding hydrogens is 229 g/mol. The highest BCUT2D eigenvalue weighted by molar-refractivity contribution is 4.78. The van der Waals surface area contributed by atoms with E-state index in [1.165, 1.54) is 0 Å². The van der Waals surface area contributed by atoms with Gasteiger partial charge >= 0.3 is 6.18 Å². The van der Waals surface area contributed by atoms with Gasteiger partial charge < -0.3 is 10.6 Å². The fraction of sp³-hybridized carbons (Fsp3) is 1.00. The van der Waals surface area contributed by atoms with Crippen LogP contribution in [0.1, 0.15) is 39.0 Å². The zero-order chi connectivity index (χ0) is 12.9. The quantitative estimate of drug-likeness (QED) is 0.815. The van der Waals surface area contributed by atoms with Crippen LogP contribution in [0.3, 0.4) is 0 Å². The lowest BCUT2D eigenvalue weighted by atomic mass is 9.97. The second-order valence-corrected chi connectivity index (χ2v) is 4.99. The fourth-order valence-electron chi connectivity index (χ4n) is 2.31. The van der Waals surface area contributed by atoms with Crippen LogP contribution >= 0.6 is 0 Å². The van der Waals surface area contributed by atoms with E-state index >= 15 is 0 Å². The van der Waals surface area contributed by atoms with Crippen molar-refractivity contribution in [1.29, 1.82) is 0 Å². The monoisotopic (exact) mass is 252 g/mol. The fourth-order valence-corrected chi connectivity index (χ4v) is 2.31. The van der Waals surface area contributed by atoms with Crippen LogP contribution in [-0.4, -0.2) is 36.8 Å². The number of rotatable bonds is 5. The molecule has 5 heteroatoms. The lowest BCUT2D eigenvalue weighted by Crippen LogP contribution is -2.42. The number of nitrogens with zero attached hydrogens (tertiary/aromatic N) is 1. The molecule has 0 aliphatic carbocycles. The molecule has 1 fully saturated rings. The van der Waals surface area contributed by atoms with E-state index in [0.717, 1.165) is 32.4 Å². The van der Waals surface area contributed by atoms with Crippen molar-refractivity contribution in [2.75, 3.05) is 19.6 Å². The number of hydrogen-bond donors (Lipinski definition) is 1. The maximum Gasteiger partial charge on any atom is 0.393 e. The Labute approximate surface area is 101 Å². The molecule has 0 aromatic rings. The maximum absolute atomic E-state index is 12.6. The average molecular weight is 252 g/mol. The van der Waals surface area contributed by atoms with Crippen LogP contribution in [-0.2, 0) is 0 Å². The second-order valence-electron chi connectivity index (χ2n) is 4.99. The van der Waals surface area contributed by atoms with Gasteiger partial charge in [0.1, 0.15) is 0 Å². The third-order valence-corrected chi connectivity index (χ3v) is 3.54. The van der Waals surface area contributed by atoms with Gasteiger partial charge in [0.2, 0.25) is 0 Å². The molecule has 2 N–H and O–H groups in total. The van der Waals surface area contributed by atoms with Crippen molar-refractivity contribution in [2.45, 2.75) is 51.2 Å². The molecule has 0 bridgehead atoms. The van der Waals surface area contributed by atoms with E-state index in [0.29, 0.717) is 6.42 Å². The van der Waals surface area contributed by atoms with Gasteiger partial charge in [-0.3, -0.25) is 0 Å². The molecule has 0 spiro atoms. The average Bonchev–Trinajstić information content (AvgIpc) is 2.28. The number of likely N-dealkylation sites (tertiary alicyclic amines) is 1. The topological polar surface area (TPSA) is 29.3 Å². The van der Waals surface area contributed by atoms with Gasteiger partial charge in [0.25, 0.3) is 0 Å². The molecule has 0 radical (unpaired) electrons. The molecule has 0 aromatic heterocycles. The molecule has 0 amide bonds. The van der Waals surface area contributed by atoms with Crippen LogP contribution in [0.4, 0.5) is 13.2 Å². The van der Waals surface area contributed by atoms with Gasteiger partial charge in [-0.15, -0.1) is 0 Å². The highest BCUT2D eigenvalue weighted by Gasteiger charge is 2.41. The van der Waals surface area contributed by atoms with Crippen molar-refractivity contribution in [3.05, 3.63) is 0 Å². The molecule has 2 atom stereocenters. The number of halogens is 3. The van der Waals surface area contributed by atoms with Crippen LogP contribution in [0, 0.1) is 5.92 Å². The first kappa shape index (κ1) is 14.8. The number of nitrogens with two attached hydrogens (primary N) is 1. The standard InChI is InChI=1S/C12H23F3N2/c1-2-11(16)6-4-8-17-7-3-5-10(9-17)12(13,14)15/h10-11H,2-9,16H2,1H3. The van der Waals surface area contributed by atoms with Crippen LogP contribution in [0.5, 0.6) is 0 Å². The highest BCUT2D eigenvalue weighted by atomic mass is 19.4. The predicted molar refractivity (Wildman–Crippen MR) is 62.7 cm³/mol. The Hall–Kier alpha value is -0.290. The summed E-state index contributed by atoms with van der Waals surface area (Å²) < 4.78 is 37.7. The maximum atomic E-state index is 12.6. The Morgan fingerprint density at radius 1 is 1.41 bits per heavy atom. The first-order valence-corrected chi connectivity index (χ1v) is 6.48. The lowest BCUT2D eigenvalue weighted by Gasteiger charge is -2.33. The summed E-state index contributed by atoms with van der Waals surface area (Å²) in [6.07, 6.45) is -0.342. The predicted octanol–water partition coefficient (Wildman–Crippen LogP) is 2.78. The second kappa shape index (κ2) is 6.59. The van der Waals surface area contributed by atoms with Crippen molar-refractivity contribution >= 4 is 0 Å². The Balaban J connectivity index is 2.25. The zero-order valence-electron chi connectivity index (χ0n) is 10.5. The zero-order valence-corrected chi connectivity index (χ0v) is 10.5. The Kier molecular flexibility index (Phi) is 5.73. The molecule has 0 saturated carbocycles. The molecule has 102 valence electrons. The van der Waals surface area contributed by atoms with Crippen LogP contribution in [0.15, 0.2) is 0 Å². The van der Waals surface area contributed by atoms with Gasteiger partial charge in [0, 0.05) is 12.6 Å². The van der Waals surface area contributed by atoms with Gasteiger partial charge in [-0.05, 0) is 45.2 Å². The van der Waals surface area contributed by atoms with Gasteiger partial charge in [-0.25, -0.2) is 0 Å². The lowest BCUT2D eigenvalue weighted by molar-refractivity contribution is -0.186. The normalized spacial score (nSPS) is 24.9. The van der Waals surface area contributed by atoms with Crippen LogP contribution in [0.2, 0.25) is 0 Å². The number of hydrogen-bond acceptors (Lipinski definition) is 2. The SMILES string of the molecule is CCC(N)CCCN1CCCC(C(F)(F)F)C1. The first-order chi connectivity index (χ1) is 7.93. The van der Waals surface area contributed by atoms with E-state index in [4.69, 9.17) is 5.73 Å². The third kappa shape index (κ3) is 5.25. The van der Waals surface area contributed by atoms with Crippen LogP contribution in [0.25, 0.3) is 0 Å². The van der Waals surface area contributed by atoms with Gasteiger partial charge in [-0.2, -0.15) is 13.2 Å². The smallest absolute Gasteiger partial charge is 0.328 e. The Bertz CT molecular complexity index is 218. The first-order valence-electron chi connectivity index (χ1n) is 6.48. The summed E-state index contributed by atoms with van der Waals surface area (Å²) in [6, 6.07) is 0.193. The summed E-state index contributed by atoms with van der Waals surface area (Å²) in [4.78, 5) is 1.93. The molecule has 2 nitrogen and oxygen atoms in total. The summed E-state index contributed by atoms with van der Waals surface area (Å²) in [5.41, 5.74) is 5.79. The summed E-state index contributed by atoms with van der Waals surface area (Å²) in [6.45, 7) is 3.75. The van der Waals surface area contributed by atoms with Gasteiger partial charge in [0.05, 0.1) is 5.92 Å². The molecule has 2 unspecified atom stereocenters. The molecule has 0 aromatic carbocycles. The summed E-state index contributed by atoms with van der Waals surface area (Å²) in [5.74, 6) is -1.13. The number of alkyl halides is 3. The van der Waals surface area contributed by atoms with E-state index in [1.807, 2.05) is 11.8 Å². The molecule has 1 aliphatic heterocycles. The Morgan fingerprint density at radius 2 is 2.12 bits per heavy atom. The highest BCUT2D eigenvalue weighted by Crippen LogP contribution is 2.33. The van der Waals surface area contributed by atoms with Crippen molar-refractivity contribution in [1.82, 2.24) is 4.90 Å². The minimum atomic E-state index is -4.03. The minimum absolute atomic E-state index is 0.171. The van der Waals surface area contributed by atoms with Crippen molar-refractivity contribution in [2.24, 2.45) is 11.7 Å². The summed E-state index contributed by atoms with van der Waals surface area (Å²) in [5, 5.41) is 0. The largest absolute Gasteiger partial charge is 0.393 e. The minimum Gasteiger partial charge on any atom is -0.328 e. The van der Waals surface area contributed by atoms with E-state index < -0.39 is 12.1 Å². The Morgan fingerprint density at radius 3 is 2.71 bits per heavy atom. The third-order valence-electron chi connectivity index (χ3n) is 3.54. The molecule has 1 saturated heterocycles. The van der Waals surface area contributed by atoms with E-state index in [9.17, 15) is 13.2 Å².